The number of nitriles is 1. The molecule has 0 aliphatic rings. The topological polar surface area (TPSA) is 70.0 Å². The Balaban J connectivity index is 2.67. The molecule has 0 aromatic heterocycles. The van der Waals surface area contributed by atoms with Crippen LogP contribution in [0.5, 0.6) is 0 Å². The van der Waals surface area contributed by atoms with Crippen molar-refractivity contribution in [1.29, 1.82) is 5.26 Å². The number of hydrogen-bond donors (Lipinski definition) is 1. The van der Waals surface area contributed by atoms with Gasteiger partial charge < -0.3 is 5.32 Å². The standard InChI is InChI=1S/C13H18N2O2S/c1-11(2)18(16,17)13-6-4-12(5-7-13)10-15-9-3-8-14/h4-7,11,15H,3,9-10H2,1-2H3. The highest BCUT2D eigenvalue weighted by Crippen LogP contribution is 2.16. The van der Waals surface area contributed by atoms with Crippen LogP contribution in [-0.2, 0) is 16.4 Å². The Morgan fingerprint density at radius 3 is 2.39 bits per heavy atom. The van der Waals surface area contributed by atoms with Crippen LogP contribution in [0.2, 0.25) is 0 Å². The van der Waals surface area contributed by atoms with Crippen LogP contribution in [0.4, 0.5) is 0 Å². The maximum atomic E-state index is 11.9. The molecule has 1 aromatic carbocycles. The molecular weight excluding hydrogens is 248 g/mol. The first kappa shape index (κ1) is 14.7. The Hall–Kier alpha value is -1.38. The molecule has 0 aliphatic heterocycles. The summed E-state index contributed by atoms with van der Waals surface area (Å²) in [5, 5.41) is 11.1. The summed E-state index contributed by atoms with van der Waals surface area (Å²) < 4.78 is 23.8. The molecule has 0 atom stereocenters. The summed E-state index contributed by atoms with van der Waals surface area (Å²) in [4.78, 5) is 0.360. The lowest BCUT2D eigenvalue weighted by atomic mass is 10.2. The third kappa shape index (κ3) is 3.83. The van der Waals surface area contributed by atoms with Crippen LogP contribution >= 0.6 is 0 Å². The third-order valence-corrected chi connectivity index (χ3v) is 4.79. The third-order valence-electron chi connectivity index (χ3n) is 2.62. The fourth-order valence-electron chi connectivity index (χ4n) is 1.45. The van der Waals surface area contributed by atoms with Crippen LogP contribution in [-0.4, -0.2) is 20.2 Å². The Morgan fingerprint density at radius 2 is 1.89 bits per heavy atom. The molecule has 0 aliphatic carbocycles. The molecule has 0 radical (unpaired) electrons. The van der Waals surface area contributed by atoms with Crippen LogP contribution in [0.25, 0.3) is 0 Å². The summed E-state index contributed by atoms with van der Waals surface area (Å²) in [6, 6.07) is 8.93. The predicted octanol–water partition coefficient (Wildman–Crippen LogP) is 1.87. The van der Waals surface area contributed by atoms with Gasteiger partial charge in [-0.05, 0) is 31.5 Å². The molecule has 0 spiro atoms. The highest BCUT2D eigenvalue weighted by molar-refractivity contribution is 7.92. The average Bonchev–Trinajstić information content (AvgIpc) is 2.35. The molecule has 5 heteroatoms. The molecular formula is C13H18N2O2S. The van der Waals surface area contributed by atoms with Gasteiger partial charge in [0.05, 0.1) is 16.2 Å². The molecule has 0 unspecified atom stereocenters. The molecule has 0 amide bonds. The maximum absolute atomic E-state index is 11.9. The Morgan fingerprint density at radius 1 is 1.28 bits per heavy atom. The lowest BCUT2D eigenvalue weighted by Crippen LogP contribution is -2.15. The Kier molecular flexibility index (Phi) is 5.32. The van der Waals surface area contributed by atoms with Gasteiger partial charge in [-0.15, -0.1) is 0 Å². The monoisotopic (exact) mass is 266 g/mol. The zero-order valence-electron chi connectivity index (χ0n) is 10.7. The summed E-state index contributed by atoms with van der Waals surface area (Å²) in [6.45, 7) is 4.63. The molecule has 98 valence electrons. The SMILES string of the molecule is CC(C)S(=O)(=O)c1ccc(CNCCC#N)cc1. The van der Waals surface area contributed by atoms with E-state index in [4.69, 9.17) is 5.26 Å². The van der Waals surface area contributed by atoms with Gasteiger partial charge in [-0.2, -0.15) is 5.26 Å². The Bertz CT molecular complexity index is 513. The van der Waals surface area contributed by atoms with Crippen molar-refractivity contribution < 1.29 is 8.42 Å². The summed E-state index contributed by atoms with van der Waals surface area (Å²) in [5.41, 5.74) is 1.01. The van der Waals surface area contributed by atoms with Gasteiger partial charge in [0.1, 0.15) is 0 Å². The molecule has 1 rings (SSSR count). The number of benzene rings is 1. The van der Waals surface area contributed by atoms with E-state index in [1.807, 2.05) is 0 Å². The summed E-state index contributed by atoms with van der Waals surface area (Å²) in [7, 11) is -3.19. The largest absolute Gasteiger partial charge is 0.312 e. The number of sulfone groups is 1. The van der Waals surface area contributed by atoms with E-state index in [1.165, 1.54) is 0 Å². The normalized spacial score (nSPS) is 11.4. The van der Waals surface area contributed by atoms with Crippen molar-refractivity contribution >= 4 is 9.84 Å². The molecule has 4 nitrogen and oxygen atoms in total. The summed E-state index contributed by atoms with van der Waals surface area (Å²) in [6.07, 6.45) is 0.472. The lowest BCUT2D eigenvalue weighted by molar-refractivity contribution is 0.587. The minimum Gasteiger partial charge on any atom is -0.312 e. The minimum atomic E-state index is -3.19. The van der Waals surface area contributed by atoms with E-state index in [-0.39, 0.29) is 0 Å². The van der Waals surface area contributed by atoms with E-state index >= 15 is 0 Å². The molecule has 0 saturated heterocycles. The van der Waals surface area contributed by atoms with Crippen LogP contribution in [0.15, 0.2) is 29.2 Å². The van der Waals surface area contributed by atoms with Gasteiger partial charge in [0.25, 0.3) is 0 Å². The highest BCUT2D eigenvalue weighted by Gasteiger charge is 2.18. The molecule has 0 heterocycles. The fourth-order valence-corrected chi connectivity index (χ4v) is 2.51. The molecule has 0 fully saturated rings. The Labute approximate surface area is 109 Å². The van der Waals surface area contributed by atoms with Crippen molar-refractivity contribution in [1.82, 2.24) is 5.32 Å². The minimum absolute atomic E-state index is 0.360. The number of nitrogens with zero attached hydrogens (tertiary/aromatic N) is 1. The zero-order valence-corrected chi connectivity index (χ0v) is 11.5. The van der Waals surface area contributed by atoms with E-state index in [0.29, 0.717) is 24.4 Å². The smallest absolute Gasteiger partial charge is 0.180 e. The van der Waals surface area contributed by atoms with Gasteiger partial charge in [0.15, 0.2) is 9.84 Å². The first-order chi connectivity index (χ1) is 8.48. The van der Waals surface area contributed by atoms with Crippen molar-refractivity contribution in [3.8, 4) is 6.07 Å². The first-order valence-electron chi connectivity index (χ1n) is 5.89. The second-order valence-electron chi connectivity index (χ2n) is 4.32. The molecule has 0 saturated carbocycles. The van der Waals surface area contributed by atoms with Crippen LogP contribution in [0.1, 0.15) is 25.8 Å². The fraction of sp³-hybridized carbons (Fsp3) is 0.462. The van der Waals surface area contributed by atoms with E-state index in [0.717, 1.165) is 5.56 Å². The van der Waals surface area contributed by atoms with E-state index in [1.54, 1.807) is 38.1 Å². The average molecular weight is 266 g/mol. The van der Waals surface area contributed by atoms with Crippen molar-refractivity contribution in [2.45, 2.75) is 37.0 Å². The van der Waals surface area contributed by atoms with Crippen LogP contribution in [0, 0.1) is 11.3 Å². The predicted molar refractivity (Wildman–Crippen MR) is 70.7 cm³/mol. The van der Waals surface area contributed by atoms with E-state index in [9.17, 15) is 8.42 Å². The van der Waals surface area contributed by atoms with Crippen LogP contribution < -0.4 is 5.32 Å². The van der Waals surface area contributed by atoms with Gasteiger partial charge in [0.2, 0.25) is 0 Å². The van der Waals surface area contributed by atoms with Gasteiger partial charge in [-0.25, -0.2) is 8.42 Å². The van der Waals surface area contributed by atoms with Crippen LogP contribution in [0.3, 0.4) is 0 Å². The molecule has 1 N–H and O–H groups in total. The van der Waals surface area contributed by atoms with Crippen molar-refractivity contribution in [2.75, 3.05) is 6.54 Å². The van der Waals surface area contributed by atoms with Gasteiger partial charge in [0, 0.05) is 19.5 Å². The highest BCUT2D eigenvalue weighted by atomic mass is 32.2. The second-order valence-corrected chi connectivity index (χ2v) is 6.83. The van der Waals surface area contributed by atoms with Crippen molar-refractivity contribution in [2.24, 2.45) is 0 Å². The number of nitrogens with one attached hydrogen (secondary N) is 1. The zero-order chi connectivity index (χ0) is 13.6. The van der Waals surface area contributed by atoms with Crippen molar-refractivity contribution in [3.05, 3.63) is 29.8 Å². The van der Waals surface area contributed by atoms with E-state index in [2.05, 4.69) is 11.4 Å². The lowest BCUT2D eigenvalue weighted by Gasteiger charge is -2.08. The van der Waals surface area contributed by atoms with Crippen molar-refractivity contribution in [3.63, 3.8) is 0 Å². The number of hydrogen-bond acceptors (Lipinski definition) is 4. The molecule has 1 aromatic rings. The molecule has 18 heavy (non-hydrogen) atoms. The van der Waals surface area contributed by atoms with Gasteiger partial charge >= 0.3 is 0 Å². The molecule has 0 bridgehead atoms. The maximum Gasteiger partial charge on any atom is 0.180 e. The van der Waals surface area contributed by atoms with Gasteiger partial charge in [-0.3, -0.25) is 0 Å². The van der Waals surface area contributed by atoms with Gasteiger partial charge in [-0.1, -0.05) is 12.1 Å². The summed E-state index contributed by atoms with van der Waals surface area (Å²) in [5.74, 6) is 0. The first-order valence-corrected chi connectivity index (χ1v) is 7.43. The van der Waals surface area contributed by atoms with E-state index < -0.39 is 15.1 Å². The second kappa shape index (κ2) is 6.53. The summed E-state index contributed by atoms with van der Waals surface area (Å²) >= 11 is 0. The number of rotatable bonds is 6. The quantitative estimate of drug-likeness (QED) is 0.798.